The van der Waals surface area contributed by atoms with Crippen LogP contribution in [0.3, 0.4) is 0 Å². The zero-order chi connectivity index (χ0) is 11.9. The zero-order valence-corrected chi connectivity index (χ0v) is 9.51. The molecule has 0 aliphatic carbocycles. The average molecular weight is 234 g/mol. The first-order chi connectivity index (χ1) is 8.90. The van der Waals surface area contributed by atoms with Crippen LogP contribution in [0.4, 0.5) is 22.9 Å². The second-order valence-electron chi connectivity index (χ2n) is 4.28. The van der Waals surface area contributed by atoms with Crippen LogP contribution in [0, 0.1) is 0 Å². The molecule has 0 fully saturated rings. The summed E-state index contributed by atoms with van der Waals surface area (Å²) in [5, 5.41) is 9.09. The van der Waals surface area contributed by atoms with Gasteiger partial charge in [0.1, 0.15) is 12.0 Å². The number of aromatic nitrogens is 2. The lowest BCUT2D eigenvalue weighted by atomic mass is 10.1. The molecule has 0 atom stereocenters. The van der Waals surface area contributed by atoms with Crippen molar-refractivity contribution in [1.82, 2.24) is 9.97 Å². The van der Waals surface area contributed by atoms with Gasteiger partial charge in [-0.15, -0.1) is 0 Å². The fraction of sp³-hybridized carbons (Fsp3) is 0. The van der Waals surface area contributed by atoms with Crippen LogP contribution < -0.4 is 10.6 Å². The predicted molar refractivity (Wildman–Crippen MR) is 72.5 cm³/mol. The highest BCUT2D eigenvalue weighted by atomic mass is 15.1. The Labute approximate surface area is 104 Å². The van der Waals surface area contributed by atoms with E-state index in [4.69, 9.17) is 0 Å². The number of fused-ring (bicyclic) bond motifs is 3. The number of benzene rings is 2. The maximum absolute atomic E-state index is 4.21. The normalized spacial score (nSPS) is 12.2. The van der Waals surface area contributed by atoms with Crippen LogP contribution in [0.5, 0.6) is 0 Å². The van der Waals surface area contributed by atoms with Crippen molar-refractivity contribution >= 4 is 33.7 Å². The molecule has 0 radical (unpaired) electrons. The maximum atomic E-state index is 4.21. The number of rotatable bonds is 0. The van der Waals surface area contributed by atoms with Crippen LogP contribution in [-0.4, -0.2) is 9.97 Å². The maximum Gasteiger partial charge on any atom is 0.157 e. The number of anilines is 4. The molecule has 0 saturated heterocycles. The molecule has 4 heteroatoms. The third kappa shape index (κ3) is 1.32. The summed E-state index contributed by atoms with van der Waals surface area (Å²) in [7, 11) is 0. The standard InChI is InChI=1S/C14H10N4/c1-2-4-10-6-12-11(5-9(10)3-1)17-13-7-15-8-16-14(13)18-12/h1-8,17H,(H,15,16,18). The van der Waals surface area contributed by atoms with E-state index in [1.54, 1.807) is 12.5 Å². The van der Waals surface area contributed by atoms with Crippen molar-refractivity contribution in [2.24, 2.45) is 0 Å². The van der Waals surface area contributed by atoms with E-state index in [1.165, 1.54) is 10.8 Å². The molecule has 2 N–H and O–H groups in total. The van der Waals surface area contributed by atoms with E-state index in [2.05, 4.69) is 44.9 Å². The van der Waals surface area contributed by atoms with Crippen molar-refractivity contribution in [3.63, 3.8) is 0 Å². The first-order valence-corrected chi connectivity index (χ1v) is 5.77. The lowest BCUT2D eigenvalue weighted by Gasteiger charge is -2.21. The SMILES string of the molecule is c1ccc2cc3c(cc2c1)Nc1cncnc1N3. The van der Waals surface area contributed by atoms with Gasteiger partial charge in [-0.2, -0.15) is 0 Å². The molecule has 4 rings (SSSR count). The summed E-state index contributed by atoms with van der Waals surface area (Å²) < 4.78 is 0. The molecular formula is C14H10N4. The Morgan fingerprint density at radius 2 is 1.56 bits per heavy atom. The molecule has 0 saturated carbocycles. The molecule has 86 valence electrons. The van der Waals surface area contributed by atoms with Gasteiger partial charge in [0.15, 0.2) is 5.82 Å². The molecule has 0 amide bonds. The summed E-state index contributed by atoms with van der Waals surface area (Å²) in [4.78, 5) is 8.23. The summed E-state index contributed by atoms with van der Waals surface area (Å²) >= 11 is 0. The fourth-order valence-electron chi connectivity index (χ4n) is 2.24. The van der Waals surface area contributed by atoms with Crippen molar-refractivity contribution in [3.8, 4) is 0 Å². The van der Waals surface area contributed by atoms with Gasteiger partial charge in [0.05, 0.1) is 17.6 Å². The molecule has 3 aromatic rings. The molecular weight excluding hydrogens is 224 g/mol. The highest BCUT2D eigenvalue weighted by molar-refractivity contribution is 5.97. The molecule has 1 aromatic heterocycles. The Kier molecular flexibility index (Phi) is 1.80. The minimum Gasteiger partial charge on any atom is -0.350 e. The number of nitrogens with one attached hydrogen (secondary N) is 2. The van der Waals surface area contributed by atoms with Crippen LogP contribution in [0.2, 0.25) is 0 Å². The molecule has 2 aromatic carbocycles. The molecule has 1 aliphatic heterocycles. The van der Waals surface area contributed by atoms with E-state index in [1.807, 2.05) is 12.1 Å². The van der Waals surface area contributed by atoms with Crippen molar-refractivity contribution < 1.29 is 0 Å². The third-order valence-corrected chi connectivity index (χ3v) is 3.12. The first-order valence-electron chi connectivity index (χ1n) is 5.77. The number of hydrogen-bond acceptors (Lipinski definition) is 4. The van der Waals surface area contributed by atoms with E-state index < -0.39 is 0 Å². The summed E-state index contributed by atoms with van der Waals surface area (Å²) in [6.45, 7) is 0. The van der Waals surface area contributed by atoms with Gasteiger partial charge < -0.3 is 10.6 Å². The molecule has 2 heterocycles. The fourth-order valence-corrected chi connectivity index (χ4v) is 2.24. The quantitative estimate of drug-likeness (QED) is 0.489. The Balaban J connectivity index is 1.92. The highest BCUT2D eigenvalue weighted by Crippen LogP contribution is 2.38. The van der Waals surface area contributed by atoms with Crippen molar-refractivity contribution in [1.29, 1.82) is 0 Å². The number of nitrogens with zero attached hydrogens (tertiary/aromatic N) is 2. The monoisotopic (exact) mass is 234 g/mol. The van der Waals surface area contributed by atoms with E-state index in [0.29, 0.717) is 0 Å². The Morgan fingerprint density at radius 1 is 0.833 bits per heavy atom. The molecule has 18 heavy (non-hydrogen) atoms. The Hall–Kier alpha value is -2.62. The van der Waals surface area contributed by atoms with Gasteiger partial charge in [0, 0.05) is 0 Å². The molecule has 0 spiro atoms. The zero-order valence-electron chi connectivity index (χ0n) is 9.51. The van der Waals surface area contributed by atoms with Gasteiger partial charge in [0.2, 0.25) is 0 Å². The predicted octanol–water partition coefficient (Wildman–Crippen LogP) is 3.43. The smallest absolute Gasteiger partial charge is 0.157 e. The van der Waals surface area contributed by atoms with E-state index in [9.17, 15) is 0 Å². The van der Waals surface area contributed by atoms with Crippen LogP contribution in [0.1, 0.15) is 0 Å². The van der Waals surface area contributed by atoms with Gasteiger partial charge in [-0.3, -0.25) is 0 Å². The molecule has 1 aliphatic rings. The van der Waals surface area contributed by atoms with Crippen molar-refractivity contribution in [2.75, 3.05) is 10.6 Å². The van der Waals surface area contributed by atoms with Crippen LogP contribution in [0.15, 0.2) is 48.9 Å². The lowest BCUT2D eigenvalue weighted by Crippen LogP contribution is -2.08. The van der Waals surface area contributed by atoms with Gasteiger partial charge in [-0.1, -0.05) is 24.3 Å². The minimum atomic E-state index is 0.813. The van der Waals surface area contributed by atoms with E-state index >= 15 is 0 Å². The summed E-state index contributed by atoms with van der Waals surface area (Å²) in [5.74, 6) is 0.813. The third-order valence-electron chi connectivity index (χ3n) is 3.12. The van der Waals surface area contributed by atoms with Gasteiger partial charge in [-0.05, 0) is 22.9 Å². The molecule has 0 unspecified atom stereocenters. The Morgan fingerprint density at radius 3 is 2.33 bits per heavy atom. The van der Waals surface area contributed by atoms with Crippen LogP contribution >= 0.6 is 0 Å². The van der Waals surface area contributed by atoms with Gasteiger partial charge in [-0.25, -0.2) is 9.97 Å². The van der Waals surface area contributed by atoms with Crippen molar-refractivity contribution in [2.45, 2.75) is 0 Å². The van der Waals surface area contributed by atoms with Gasteiger partial charge >= 0.3 is 0 Å². The summed E-state index contributed by atoms with van der Waals surface area (Å²) in [5.41, 5.74) is 3.00. The second kappa shape index (κ2) is 3.43. The highest BCUT2D eigenvalue weighted by Gasteiger charge is 2.15. The Bertz CT molecular complexity index is 688. The lowest BCUT2D eigenvalue weighted by molar-refractivity contribution is 1.16. The van der Waals surface area contributed by atoms with E-state index in [0.717, 1.165) is 22.9 Å². The molecule has 4 nitrogen and oxygen atoms in total. The van der Waals surface area contributed by atoms with Crippen molar-refractivity contribution in [3.05, 3.63) is 48.9 Å². The number of hydrogen-bond donors (Lipinski definition) is 2. The summed E-state index contributed by atoms with van der Waals surface area (Å²) in [6.07, 6.45) is 3.31. The van der Waals surface area contributed by atoms with Crippen LogP contribution in [-0.2, 0) is 0 Å². The van der Waals surface area contributed by atoms with Gasteiger partial charge in [0.25, 0.3) is 0 Å². The largest absolute Gasteiger partial charge is 0.350 e. The average Bonchev–Trinajstić information content (AvgIpc) is 2.42. The minimum absolute atomic E-state index is 0.813. The summed E-state index contributed by atoms with van der Waals surface area (Å²) in [6, 6.07) is 12.6. The topological polar surface area (TPSA) is 49.8 Å². The second-order valence-corrected chi connectivity index (χ2v) is 4.28. The first kappa shape index (κ1) is 9.41. The van der Waals surface area contributed by atoms with E-state index in [-0.39, 0.29) is 0 Å². The molecule has 0 bridgehead atoms. The van der Waals surface area contributed by atoms with Crippen LogP contribution in [0.25, 0.3) is 10.8 Å².